The maximum atomic E-state index is 12.9. The van der Waals surface area contributed by atoms with E-state index in [2.05, 4.69) is 5.32 Å². The number of halogens is 3. The van der Waals surface area contributed by atoms with E-state index in [1.165, 1.54) is 27.4 Å². The normalized spacial score (nSPS) is 12.2. The third-order valence-corrected chi connectivity index (χ3v) is 4.18. The molecule has 0 fully saturated rings. The molecule has 2 aromatic rings. The second-order valence-electron chi connectivity index (χ2n) is 6.12. The van der Waals surface area contributed by atoms with Gasteiger partial charge in [-0.2, -0.15) is 13.2 Å². The van der Waals surface area contributed by atoms with Crippen LogP contribution in [0.5, 0.6) is 17.2 Å². The molecule has 0 heterocycles. The van der Waals surface area contributed by atoms with Gasteiger partial charge in [-0.3, -0.25) is 4.79 Å². The number of methoxy groups -OCH3 is 3. The van der Waals surface area contributed by atoms with Crippen LogP contribution < -0.4 is 19.5 Å². The fourth-order valence-electron chi connectivity index (χ4n) is 2.78. The fourth-order valence-corrected chi connectivity index (χ4v) is 2.78. The van der Waals surface area contributed by atoms with Gasteiger partial charge in [-0.15, -0.1) is 0 Å². The molecule has 0 radical (unpaired) electrons. The Morgan fingerprint density at radius 2 is 1.64 bits per heavy atom. The predicted molar refractivity (Wildman–Crippen MR) is 97.8 cm³/mol. The molecular formula is C20H22F3NO4. The summed E-state index contributed by atoms with van der Waals surface area (Å²) < 4.78 is 54.3. The van der Waals surface area contributed by atoms with E-state index in [1.54, 1.807) is 25.1 Å². The first-order chi connectivity index (χ1) is 13.2. The summed E-state index contributed by atoms with van der Waals surface area (Å²) in [7, 11) is 4.41. The summed E-state index contributed by atoms with van der Waals surface area (Å²) >= 11 is 0. The predicted octanol–water partition coefficient (Wildman–Crippen LogP) is 4.15. The summed E-state index contributed by atoms with van der Waals surface area (Å²) in [6, 6.07) is 7.60. The molecule has 2 aromatic carbocycles. The largest absolute Gasteiger partial charge is 0.493 e. The van der Waals surface area contributed by atoms with Crippen LogP contribution in [0, 0.1) is 0 Å². The zero-order chi connectivity index (χ0) is 20.9. The monoisotopic (exact) mass is 397 g/mol. The van der Waals surface area contributed by atoms with Crippen molar-refractivity contribution < 1.29 is 32.2 Å². The van der Waals surface area contributed by atoms with Crippen molar-refractivity contribution in [3.05, 3.63) is 53.1 Å². The summed E-state index contributed by atoms with van der Waals surface area (Å²) in [6.07, 6.45) is -4.43. The highest BCUT2D eigenvalue weighted by atomic mass is 19.4. The van der Waals surface area contributed by atoms with Gasteiger partial charge in [0.25, 0.3) is 0 Å². The smallest absolute Gasteiger partial charge is 0.416 e. The molecule has 8 heteroatoms. The second-order valence-corrected chi connectivity index (χ2v) is 6.12. The molecule has 1 unspecified atom stereocenters. The number of rotatable bonds is 7. The standard InChI is InChI=1S/C20H22F3NO4/c1-12(14-6-5-7-15(11-14)20(21,22)23)24-18(25)10-13-8-16(26-2)19(28-4)17(9-13)27-3/h5-9,11-12H,10H2,1-4H3,(H,24,25). The zero-order valence-electron chi connectivity index (χ0n) is 16.0. The molecule has 1 N–H and O–H groups in total. The average Bonchev–Trinajstić information content (AvgIpc) is 2.66. The van der Waals surface area contributed by atoms with Gasteiger partial charge in [0.15, 0.2) is 11.5 Å². The molecule has 5 nitrogen and oxygen atoms in total. The SMILES string of the molecule is COc1cc(CC(=O)NC(C)c2cccc(C(F)(F)F)c2)cc(OC)c1OC. The summed E-state index contributed by atoms with van der Waals surface area (Å²) in [5.74, 6) is 0.886. The molecule has 0 aliphatic rings. The van der Waals surface area contributed by atoms with E-state index in [0.29, 0.717) is 28.4 Å². The number of amides is 1. The van der Waals surface area contributed by atoms with Gasteiger partial charge in [0.05, 0.1) is 39.4 Å². The second kappa shape index (κ2) is 8.86. The Balaban J connectivity index is 2.14. The number of ether oxygens (including phenoxy) is 3. The summed E-state index contributed by atoms with van der Waals surface area (Å²) in [5, 5.41) is 2.71. The molecular weight excluding hydrogens is 375 g/mol. The van der Waals surface area contributed by atoms with Crippen LogP contribution in [0.15, 0.2) is 36.4 Å². The first kappa shape index (κ1) is 21.4. The first-order valence-electron chi connectivity index (χ1n) is 8.45. The van der Waals surface area contributed by atoms with E-state index in [-0.39, 0.29) is 12.3 Å². The fraction of sp³-hybridized carbons (Fsp3) is 0.350. The highest BCUT2D eigenvalue weighted by Crippen LogP contribution is 2.38. The lowest BCUT2D eigenvalue weighted by molar-refractivity contribution is -0.137. The number of nitrogens with one attached hydrogen (secondary N) is 1. The molecule has 0 aliphatic carbocycles. The molecule has 2 rings (SSSR count). The van der Waals surface area contributed by atoms with Gasteiger partial charge in [-0.25, -0.2) is 0 Å². The minimum atomic E-state index is -4.43. The Hall–Kier alpha value is -2.90. The number of carbonyl (C=O) groups excluding carboxylic acids is 1. The van der Waals surface area contributed by atoms with E-state index in [4.69, 9.17) is 14.2 Å². The van der Waals surface area contributed by atoms with E-state index in [9.17, 15) is 18.0 Å². The van der Waals surface area contributed by atoms with Gasteiger partial charge in [0, 0.05) is 0 Å². The van der Waals surface area contributed by atoms with Crippen molar-refractivity contribution in [3.8, 4) is 17.2 Å². The Kier molecular flexibility index (Phi) is 6.77. The lowest BCUT2D eigenvalue weighted by Gasteiger charge is -2.17. The number of alkyl halides is 3. The zero-order valence-corrected chi connectivity index (χ0v) is 16.0. The van der Waals surface area contributed by atoms with Crippen molar-refractivity contribution in [1.82, 2.24) is 5.32 Å². The highest BCUT2D eigenvalue weighted by molar-refractivity contribution is 5.79. The molecule has 0 saturated carbocycles. The van der Waals surface area contributed by atoms with Crippen LogP contribution in [-0.2, 0) is 17.4 Å². The molecule has 0 aliphatic heterocycles. The van der Waals surface area contributed by atoms with Gasteiger partial charge in [-0.05, 0) is 42.3 Å². The van der Waals surface area contributed by atoms with E-state index >= 15 is 0 Å². The van der Waals surface area contributed by atoms with Crippen LogP contribution in [0.25, 0.3) is 0 Å². The van der Waals surface area contributed by atoms with Crippen LogP contribution in [0.1, 0.15) is 29.7 Å². The third kappa shape index (κ3) is 5.09. The van der Waals surface area contributed by atoms with E-state index < -0.39 is 17.8 Å². The molecule has 1 atom stereocenters. The van der Waals surface area contributed by atoms with Crippen LogP contribution in [-0.4, -0.2) is 27.2 Å². The molecule has 1 amide bonds. The van der Waals surface area contributed by atoms with E-state index in [0.717, 1.165) is 12.1 Å². The van der Waals surface area contributed by atoms with Gasteiger partial charge < -0.3 is 19.5 Å². The summed E-state index contributed by atoms with van der Waals surface area (Å²) in [6.45, 7) is 1.63. The Morgan fingerprint density at radius 3 is 2.14 bits per heavy atom. The van der Waals surface area contributed by atoms with Crippen molar-refractivity contribution in [1.29, 1.82) is 0 Å². The Morgan fingerprint density at radius 1 is 1.04 bits per heavy atom. The van der Waals surface area contributed by atoms with Gasteiger partial charge in [0.1, 0.15) is 0 Å². The van der Waals surface area contributed by atoms with Crippen molar-refractivity contribution in [2.24, 2.45) is 0 Å². The average molecular weight is 397 g/mol. The first-order valence-corrected chi connectivity index (χ1v) is 8.45. The molecule has 28 heavy (non-hydrogen) atoms. The van der Waals surface area contributed by atoms with Crippen molar-refractivity contribution in [3.63, 3.8) is 0 Å². The molecule has 0 saturated heterocycles. The number of carbonyl (C=O) groups is 1. The Bertz CT molecular complexity index is 811. The van der Waals surface area contributed by atoms with Crippen molar-refractivity contribution in [2.45, 2.75) is 25.6 Å². The summed E-state index contributed by atoms with van der Waals surface area (Å²) in [4.78, 5) is 12.4. The van der Waals surface area contributed by atoms with Crippen LogP contribution in [0.4, 0.5) is 13.2 Å². The molecule has 0 aromatic heterocycles. The molecule has 0 bridgehead atoms. The maximum Gasteiger partial charge on any atom is 0.416 e. The van der Waals surface area contributed by atoms with Gasteiger partial charge in [0.2, 0.25) is 11.7 Å². The Labute approximate surface area is 161 Å². The summed E-state index contributed by atoms with van der Waals surface area (Å²) in [5.41, 5.74) is 0.229. The minimum Gasteiger partial charge on any atom is -0.493 e. The molecule has 0 spiro atoms. The highest BCUT2D eigenvalue weighted by Gasteiger charge is 2.30. The number of hydrogen-bond donors (Lipinski definition) is 1. The van der Waals surface area contributed by atoms with E-state index in [1.807, 2.05) is 0 Å². The van der Waals surface area contributed by atoms with Gasteiger partial charge >= 0.3 is 6.18 Å². The number of hydrogen-bond acceptors (Lipinski definition) is 4. The van der Waals surface area contributed by atoms with Crippen molar-refractivity contribution >= 4 is 5.91 Å². The lowest BCUT2D eigenvalue weighted by Crippen LogP contribution is -2.28. The topological polar surface area (TPSA) is 56.8 Å². The maximum absolute atomic E-state index is 12.9. The van der Waals surface area contributed by atoms with Crippen molar-refractivity contribution in [2.75, 3.05) is 21.3 Å². The lowest BCUT2D eigenvalue weighted by atomic mass is 10.0. The molecule has 152 valence electrons. The van der Waals surface area contributed by atoms with Crippen LogP contribution in [0.3, 0.4) is 0 Å². The number of benzene rings is 2. The van der Waals surface area contributed by atoms with Gasteiger partial charge in [-0.1, -0.05) is 12.1 Å². The van der Waals surface area contributed by atoms with Crippen LogP contribution >= 0.6 is 0 Å². The third-order valence-electron chi connectivity index (χ3n) is 4.18. The minimum absolute atomic E-state index is 0.0000157. The quantitative estimate of drug-likeness (QED) is 0.763. The van der Waals surface area contributed by atoms with Crippen LogP contribution in [0.2, 0.25) is 0 Å².